The SMILES string of the molecule is CCOC(=O)C1(N)CC2CCC(C1)N2Cc1ccccc1. The van der Waals surface area contributed by atoms with Crippen LogP contribution in [-0.2, 0) is 16.1 Å². The Morgan fingerprint density at radius 2 is 1.90 bits per heavy atom. The van der Waals surface area contributed by atoms with Gasteiger partial charge in [0.1, 0.15) is 5.54 Å². The van der Waals surface area contributed by atoms with Gasteiger partial charge in [0.25, 0.3) is 0 Å². The van der Waals surface area contributed by atoms with Crippen molar-refractivity contribution < 1.29 is 9.53 Å². The van der Waals surface area contributed by atoms with E-state index in [1.807, 2.05) is 13.0 Å². The Balaban J connectivity index is 1.71. The largest absolute Gasteiger partial charge is 0.465 e. The zero-order valence-electron chi connectivity index (χ0n) is 12.6. The van der Waals surface area contributed by atoms with Crippen LogP contribution in [0.3, 0.4) is 0 Å². The van der Waals surface area contributed by atoms with Gasteiger partial charge in [-0.25, -0.2) is 0 Å². The predicted octanol–water partition coefficient (Wildman–Crippen LogP) is 2.07. The third-order valence-electron chi connectivity index (χ3n) is 4.86. The first-order valence-corrected chi connectivity index (χ1v) is 7.88. The maximum Gasteiger partial charge on any atom is 0.326 e. The first-order chi connectivity index (χ1) is 10.1. The number of carbonyl (C=O) groups excluding carboxylic acids is 1. The zero-order valence-corrected chi connectivity index (χ0v) is 12.6. The highest BCUT2D eigenvalue weighted by Gasteiger charge is 2.50. The van der Waals surface area contributed by atoms with E-state index in [-0.39, 0.29) is 5.97 Å². The standard InChI is InChI=1S/C17H24N2O2/c1-2-21-16(20)17(18)10-14-8-9-15(11-17)19(14)12-13-6-4-3-5-7-13/h3-7,14-15H,2,8-12,18H2,1H3. The van der Waals surface area contributed by atoms with Crippen LogP contribution in [0.1, 0.15) is 38.2 Å². The van der Waals surface area contributed by atoms with E-state index >= 15 is 0 Å². The van der Waals surface area contributed by atoms with Gasteiger partial charge < -0.3 is 10.5 Å². The van der Waals surface area contributed by atoms with Crippen molar-refractivity contribution in [1.82, 2.24) is 4.90 Å². The number of piperidine rings is 1. The first-order valence-electron chi connectivity index (χ1n) is 7.88. The molecule has 114 valence electrons. The summed E-state index contributed by atoms with van der Waals surface area (Å²) in [5.41, 5.74) is 6.91. The molecular formula is C17H24N2O2. The molecule has 4 nitrogen and oxygen atoms in total. The summed E-state index contributed by atoms with van der Waals surface area (Å²) in [6, 6.07) is 11.3. The van der Waals surface area contributed by atoms with Crippen LogP contribution >= 0.6 is 0 Å². The third kappa shape index (κ3) is 2.83. The lowest BCUT2D eigenvalue weighted by Gasteiger charge is -2.43. The molecule has 0 aromatic heterocycles. The normalized spacial score (nSPS) is 32.1. The smallest absolute Gasteiger partial charge is 0.326 e. The summed E-state index contributed by atoms with van der Waals surface area (Å²) in [5, 5.41) is 0. The Kier molecular flexibility index (Phi) is 4.00. The lowest BCUT2D eigenvalue weighted by molar-refractivity contribution is -0.153. The molecule has 1 aromatic rings. The molecule has 3 rings (SSSR count). The van der Waals surface area contributed by atoms with Crippen LogP contribution < -0.4 is 5.73 Å². The van der Waals surface area contributed by atoms with E-state index in [1.54, 1.807) is 0 Å². The Morgan fingerprint density at radius 3 is 2.48 bits per heavy atom. The molecule has 0 amide bonds. The fourth-order valence-corrected chi connectivity index (χ4v) is 3.87. The molecule has 2 unspecified atom stereocenters. The van der Waals surface area contributed by atoms with Gasteiger partial charge in [-0.3, -0.25) is 9.69 Å². The molecular weight excluding hydrogens is 264 g/mol. The Bertz CT molecular complexity index is 489. The van der Waals surface area contributed by atoms with Gasteiger partial charge in [0.2, 0.25) is 0 Å². The summed E-state index contributed by atoms with van der Waals surface area (Å²) in [7, 11) is 0. The van der Waals surface area contributed by atoms with Crippen molar-refractivity contribution in [3.05, 3.63) is 35.9 Å². The van der Waals surface area contributed by atoms with Crippen LogP contribution in [0.2, 0.25) is 0 Å². The van der Waals surface area contributed by atoms with E-state index in [0.717, 1.165) is 32.2 Å². The van der Waals surface area contributed by atoms with Gasteiger partial charge in [0, 0.05) is 18.6 Å². The molecule has 2 saturated heterocycles. The molecule has 4 heteroatoms. The van der Waals surface area contributed by atoms with E-state index < -0.39 is 5.54 Å². The number of carbonyl (C=O) groups is 1. The highest BCUT2D eigenvalue weighted by molar-refractivity contribution is 5.81. The summed E-state index contributed by atoms with van der Waals surface area (Å²) in [6.07, 6.45) is 3.70. The minimum Gasteiger partial charge on any atom is -0.465 e. The van der Waals surface area contributed by atoms with E-state index in [9.17, 15) is 4.79 Å². The number of nitrogens with zero attached hydrogens (tertiary/aromatic N) is 1. The quantitative estimate of drug-likeness (QED) is 0.862. The van der Waals surface area contributed by atoms with Gasteiger partial charge in [0.15, 0.2) is 0 Å². The number of esters is 1. The molecule has 0 aliphatic carbocycles. The summed E-state index contributed by atoms with van der Waals surface area (Å²) in [6.45, 7) is 3.19. The van der Waals surface area contributed by atoms with Crippen LogP contribution in [0.4, 0.5) is 0 Å². The van der Waals surface area contributed by atoms with Crippen LogP contribution in [0, 0.1) is 0 Å². The molecule has 2 atom stereocenters. The number of benzene rings is 1. The lowest BCUT2D eigenvalue weighted by Crippen LogP contribution is -2.60. The Morgan fingerprint density at radius 1 is 1.29 bits per heavy atom. The van der Waals surface area contributed by atoms with E-state index in [0.29, 0.717) is 18.7 Å². The molecule has 21 heavy (non-hydrogen) atoms. The average Bonchev–Trinajstić information content (AvgIpc) is 2.72. The van der Waals surface area contributed by atoms with Crippen molar-refractivity contribution in [2.24, 2.45) is 5.73 Å². The number of hydrogen-bond donors (Lipinski definition) is 1. The first kappa shape index (κ1) is 14.5. The second-order valence-electron chi connectivity index (χ2n) is 6.33. The number of hydrogen-bond acceptors (Lipinski definition) is 4. The van der Waals surface area contributed by atoms with Crippen molar-refractivity contribution in [3.63, 3.8) is 0 Å². The van der Waals surface area contributed by atoms with Crippen molar-refractivity contribution in [2.75, 3.05) is 6.61 Å². The van der Waals surface area contributed by atoms with Gasteiger partial charge in [-0.2, -0.15) is 0 Å². The van der Waals surface area contributed by atoms with E-state index in [4.69, 9.17) is 10.5 Å². The number of fused-ring (bicyclic) bond motifs is 2. The molecule has 2 aliphatic rings. The fraction of sp³-hybridized carbons (Fsp3) is 0.588. The molecule has 2 heterocycles. The highest BCUT2D eigenvalue weighted by Crippen LogP contribution is 2.41. The summed E-state index contributed by atoms with van der Waals surface area (Å²) >= 11 is 0. The molecule has 2 bridgehead atoms. The molecule has 2 N–H and O–H groups in total. The lowest BCUT2D eigenvalue weighted by atomic mass is 9.83. The zero-order chi connectivity index (χ0) is 14.9. The van der Waals surface area contributed by atoms with Gasteiger partial charge in [-0.15, -0.1) is 0 Å². The fourth-order valence-electron chi connectivity index (χ4n) is 3.87. The van der Waals surface area contributed by atoms with Crippen molar-refractivity contribution in [3.8, 4) is 0 Å². The highest BCUT2D eigenvalue weighted by atomic mass is 16.5. The monoisotopic (exact) mass is 288 g/mol. The molecule has 0 radical (unpaired) electrons. The third-order valence-corrected chi connectivity index (χ3v) is 4.86. The molecule has 2 aliphatic heterocycles. The maximum atomic E-state index is 12.1. The minimum atomic E-state index is -0.783. The predicted molar refractivity (Wildman–Crippen MR) is 81.6 cm³/mol. The van der Waals surface area contributed by atoms with Crippen molar-refractivity contribution in [1.29, 1.82) is 0 Å². The topological polar surface area (TPSA) is 55.6 Å². The number of ether oxygens (including phenoxy) is 1. The van der Waals surface area contributed by atoms with Crippen LogP contribution in [0.5, 0.6) is 0 Å². The van der Waals surface area contributed by atoms with Crippen LogP contribution in [0.25, 0.3) is 0 Å². The molecule has 0 saturated carbocycles. The van der Waals surface area contributed by atoms with Gasteiger partial charge in [-0.05, 0) is 38.2 Å². The second kappa shape index (κ2) is 5.78. The van der Waals surface area contributed by atoms with E-state index in [1.165, 1.54) is 5.56 Å². The minimum absolute atomic E-state index is 0.221. The number of nitrogens with two attached hydrogens (primary N) is 1. The Hall–Kier alpha value is -1.39. The average molecular weight is 288 g/mol. The van der Waals surface area contributed by atoms with Gasteiger partial charge in [0.05, 0.1) is 6.61 Å². The van der Waals surface area contributed by atoms with Gasteiger partial charge in [-0.1, -0.05) is 30.3 Å². The van der Waals surface area contributed by atoms with Gasteiger partial charge >= 0.3 is 5.97 Å². The van der Waals surface area contributed by atoms with Crippen LogP contribution in [-0.4, -0.2) is 35.1 Å². The van der Waals surface area contributed by atoms with Crippen molar-refractivity contribution in [2.45, 2.75) is 56.8 Å². The molecule has 1 aromatic carbocycles. The maximum absolute atomic E-state index is 12.1. The molecule has 0 spiro atoms. The summed E-state index contributed by atoms with van der Waals surface area (Å²) in [5.74, 6) is -0.221. The van der Waals surface area contributed by atoms with Crippen LogP contribution in [0.15, 0.2) is 30.3 Å². The molecule has 2 fully saturated rings. The number of rotatable bonds is 4. The summed E-state index contributed by atoms with van der Waals surface area (Å²) < 4.78 is 5.18. The van der Waals surface area contributed by atoms with E-state index in [2.05, 4.69) is 29.2 Å². The Labute approximate surface area is 126 Å². The van der Waals surface area contributed by atoms with Crippen molar-refractivity contribution >= 4 is 5.97 Å². The second-order valence-corrected chi connectivity index (χ2v) is 6.33. The summed E-state index contributed by atoms with van der Waals surface area (Å²) in [4.78, 5) is 14.7.